The van der Waals surface area contributed by atoms with Crippen molar-refractivity contribution in [1.29, 1.82) is 0 Å². The molecule has 4 rings (SSSR count). The molecule has 1 saturated heterocycles. The third-order valence-electron chi connectivity index (χ3n) is 4.85. The molecule has 0 spiro atoms. The minimum absolute atomic E-state index is 0.889. The summed E-state index contributed by atoms with van der Waals surface area (Å²) in [6.07, 6.45) is 0. The van der Waals surface area contributed by atoms with Gasteiger partial charge in [-0.05, 0) is 31.5 Å². The zero-order valence-corrected chi connectivity index (χ0v) is 15.5. The van der Waals surface area contributed by atoms with Gasteiger partial charge in [-0.1, -0.05) is 36.4 Å². The zero-order valence-electron chi connectivity index (χ0n) is 15.5. The molecule has 1 aromatic carbocycles. The van der Waals surface area contributed by atoms with Crippen LogP contribution in [0.2, 0.25) is 0 Å². The molecule has 0 amide bonds. The summed E-state index contributed by atoms with van der Waals surface area (Å²) in [6.45, 7) is 9.20. The second-order valence-electron chi connectivity index (χ2n) is 6.94. The Balaban J connectivity index is 1.48. The van der Waals surface area contributed by atoms with E-state index in [1.165, 1.54) is 5.56 Å². The second-order valence-corrected chi connectivity index (χ2v) is 6.94. The van der Waals surface area contributed by atoms with E-state index >= 15 is 0 Å². The first-order valence-corrected chi connectivity index (χ1v) is 9.21. The van der Waals surface area contributed by atoms with Gasteiger partial charge in [0, 0.05) is 44.5 Å². The van der Waals surface area contributed by atoms with Gasteiger partial charge >= 0.3 is 0 Å². The molecule has 26 heavy (non-hydrogen) atoms. The van der Waals surface area contributed by atoms with Crippen molar-refractivity contribution in [3.05, 3.63) is 71.5 Å². The maximum Gasteiger partial charge on any atom is 0.155 e. The number of aromatic nitrogens is 3. The first kappa shape index (κ1) is 16.8. The number of nitrogens with zero attached hydrogens (tertiary/aromatic N) is 5. The lowest BCUT2D eigenvalue weighted by Gasteiger charge is -2.35. The van der Waals surface area contributed by atoms with Gasteiger partial charge in [0.1, 0.15) is 5.82 Å². The molecule has 0 bridgehead atoms. The van der Waals surface area contributed by atoms with E-state index in [9.17, 15) is 0 Å². The lowest BCUT2D eigenvalue weighted by Crippen LogP contribution is -2.46. The van der Waals surface area contributed by atoms with Gasteiger partial charge in [-0.15, -0.1) is 0 Å². The highest BCUT2D eigenvalue weighted by Crippen LogP contribution is 2.22. The highest BCUT2D eigenvalue weighted by molar-refractivity contribution is 5.47. The Morgan fingerprint density at radius 2 is 1.62 bits per heavy atom. The summed E-state index contributed by atoms with van der Waals surface area (Å²) in [5.41, 5.74) is 3.41. The molecular weight excluding hydrogens is 322 g/mol. The number of benzene rings is 1. The molecule has 0 radical (unpaired) electrons. The van der Waals surface area contributed by atoms with Crippen LogP contribution in [0.5, 0.6) is 0 Å². The number of hydrogen-bond acceptors (Lipinski definition) is 4. The monoisotopic (exact) mass is 347 g/mol. The molecule has 1 fully saturated rings. The van der Waals surface area contributed by atoms with Gasteiger partial charge in [0.2, 0.25) is 0 Å². The molecule has 0 unspecified atom stereocenters. The third kappa shape index (κ3) is 3.63. The first-order valence-electron chi connectivity index (χ1n) is 9.21. The van der Waals surface area contributed by atoms with Crippen LogP contribution in [-0.2, 0) is 6.54 Å². The van der Waals surface area contributed by atoms with E-state index in [1.807, 2.05) is 36.7 Å². The van der Waals surface area contributed by atoms with Crippen LogP contribution in [0.1, 0.15) is 17.0 Å². The van der Waals surface area contributed by atoms with E-state index in [0.717, 1.165) is 55.7 Å². The molecule has 3 heterocycles. The van der Waals surface area contributed by atoms with Crippen molar-refractivity contribution in [3.63, 3.8) is 0 Å². The number of anilines is 1. The van der Waals surface area contributed by atoms with E-state index in [0.29, 0.717) is 0 Å². The number of hydrogen-bond donors (Lipinski definition) is 0. The molecule has 0 saturated carbocycles. The molecule has 5 heteroatoms. The summed E-state index contributed by atoms with van der Waals surface area (Å²) in [5, 5.41) is 4.68. The summed E-state index contributed by atoms with van der Waals surface area (Å²) < 4.78 is 1.98. The van der Waals surface area contributed by atoms with E-state index in [2.05, 4.69) is 56.3 Å². The van der Waals surface area contributed by atoms with Crippen LogP contribution >= 0.6 is 0 Å². The highest BCUT2D eigenvalue weighted by Gasteiger charge is 2.21. The quantitative estimate of drug-likeness (QED) is 0.726. The summed E-state index contributed by atoms with van der Waals surface area (Å²) in [4.78, 5) is 9.59. The largest absolute Gasteiger partial charge is 0.354 e. The maximum absolute atomic E-state index is 4.68. The molecule has 3 aromatic rings. The van der Waals surface area contributed by atoms with Crippen LogP contribution in [0.3, 0.4) is 0 Å². The fourth-order valence-corrected chi connectivity index (χ4v) is 3.50. The summed E-state index contributed by atoms with van der Waals surface area (Å²) >= 11 is 0. The van der Waals surface area contributed by atoms with Gasteiger partial charge in [0.25, 0.3) is 0 Å². The van der Waals surface area contributed by atoms with Crippen LogP contribution in [0.15, 0.2) is 54.6 Å². The Morgan fingerprint density at radius 1 is 0.846 bits per heavy atom. The standard InChI is InChI=1S/C21H25N5/c1-17-7-6-10-20(22-17)26-21(15-18(2)23-26)25-13-11-24(12-14-25)16-19-8-4-3-5-9-19/h3-10,15H,11-14,16H2,1-2H3. The minimum atomic E-state index is 0.889. The SMILES string of the molecule is Cc1cccc(-n2nc(C)cc2N2CCN(Cc3ccccc3)CC2)n1. The third-order valence-corrected chi connectivity index (χ3v) is 4.85. The lowest BCUT2D eigenvalue weighted by atomic mass is 10.2. The average molecular weight is 347 g/mol. The predicted molar refractivity (Wildman–Crippen MR) is 105 cm³/mol. The molecule has 1 aliphatic heterocycles. The van der Waals surface area contributed by atoms with Gasteiger partial charge < -0.3 is 4.90 Å². The summed E-state index contributed by atoms with van der Waals surface area (Å²) in [6, 6.07) is 18.9. The molecule has 5 nitrogen and oxygen atoms in total. The predicted octanol–water partition coefficient (Wildman–Crippen LogP) is 3.21. The molecule has 1 aliphatic rings. The molecular formula is C21H25N5. The topological polar surface area (TPSA) is 37.2 Å². The van der Waals surface area contributed by atoms with Crippen molar-refractivity contribution in [2.45, 2.75) is 20.4 Å². The van der Waals surface area contributed by atoms with Gasteiger partial charge in [-0.2, -0.15) is 9.78 Å². The van der Waals surface area contributed by atoms with Gasteiger partial charge in [-0.25, -0.2) is 4.98 Å². The molecule has 2 aromatic heterocycles. The first-order chi connectivity index (χ1) is 12.7. The number of rotatable bonds is 4. The van der Waals surface area contributed by atoms with Crippen LogP contribution in [-0.4, -0.2) is 45.8 Å². The van der Waals surface area contributed by atoms with Crippen LogP contribution in [0, 0.1) is 13.8 Å². The van der Waals surface area contributed by atoms with Gasteiger partial charge in [0.15, 0.2) is 5.82 Å². The Hall–Kier alpha value is -2.66. The van der Waals surface area contributed by atoms with Crippen molar-refractivity contribution in [2.75, 3.05) is 31.1 Å². The number of piperazine rings is 1. The average Bonchev–Trinajstić information content (AvgIpc) is 3.05. The second kappa shape index (κ2) is 7.30. The maximum atomic E-state index is 4.68. The molecule has 0 N–H and O–H groups in total. The van der Waals surface area contributed by atoms with Crippen LogP contribution in [0.25, 0.3) is 5.82 Å². The van der Waals surface area contributed by atoms with Crippen LogP contribution in [0.4, 0.5) is 5.82 Å². The van der Waals surface area contributed by atoms with Crippen molar-refractivity contribution < 1.29 is 0 Å². The van der Waals surface area contributed by atoms with Gasteiger partial charge in [0.05, 0.1) is 5.69 Å². The molecule has 134 valence electrons. The van der Waals surface area contributed by atoms with E-state index < -0.39 is 0 Å². The summed E-state index contributed by atoms with van der Waals surface area (Å²) in [7, 11) is 0. The number of aryl methyl sites for hydroxylation is 2. The van der Waals surface area contributed by atoms with E-state index in [-0.39, 0.29) is 0 Å². The Bertz CT molecular complexity index is 863. The molecule has 0 atom stereocenters. The Kier molecular flexibility index (Phi) is 4.71. The van der Waals surface area contributed by atoms with Gasteiger partial charge in [-0.3, -0.25) is 4.90 Å². The smallest absolute Gasteiger partial charge is 0.155 e. The minimum Gasteiger partial charge on any atom is -0.354 e. The van der Waals surface area contributed by atoms with Crippen molar-refractivity contribution >= 4 is 5.82 Å². The van der Waals surface area contributed by atoms with E-state index in [1.54, 1.807) is 0 Å². The zero-order chi connectivity index (χ0) is 17.9. The van der Waals surface area contributed by atoms with Crippen LogP contribution < -0.4 is 4.90 Å². The van der Waals surface area contributed by atoms with Crippen molar-refractivity contribution in [3.8, 4) is 5.82 Å². The van der Waals surface area contributed by atoms with Crippen molar-refractivity contribution in [1.82, 2.24) is 19.7 Å². The normalized spacial score (nSPS) is 15.4. The van der Waals surface area contributed by atoms with E-state index in [4.69, 9.17) is 0 Å². The summed E-state index contributed by atoms with van der Waals surface area (Å²) in [5.74, 6) is 2.03. The lowest BCUT2D eigenvalue weighted by molar-refractivity contribution is 0.249. The molecule has 0 aliphatic carbocycles. The fraction of sp³-hybridized carbons (Fsp3) is 0.333. The fourth-order valence-electron chi connectivity index (χ4n) is 3.50. The number of pyridine rings is 1. The Labute approximate surface area is 154 Å². The highest BCUT2D eigenvalue weighted by atomic mass is 15.4. The van der Waals surface area contributed by atoms with Crippen molar-refractivity contribution in [2.24, 2.45) is 0 Å². The Morgan fingerprint density at radius 3 is 2.35 bits per heavy atom.